The average Bonchev–Trinajstić information content (AvgIpc) is 3.58. The predicted octanol–water partition coefficient (Wildman–Crippen LogP) is 2.57. The monoisotopic (exact) mass is 411 g/mol. The zero-order chi connectivity index (χ0) is 21.3. The zero-order valence-corrected chi connectivity index (χ0v) is 16.8. The van der Waals surface area contributed by atoms with E-state index in [4.69, 9.17) is 9.47 Å². The van der Waals surface area contributed by atoms with Crippen LogP contribution < -0.4 is 25.4 Å². The summed E-state index contributed by atoms with van der Waals surface area (Å²) in [7, 11) is 0. The van der Waals surface area contributed by atoms with E-state index in [9.17, 15) is 14.4 Å². The summed E-state index contributed by atoms with van der Waals surface area (Å²) in [6.45, 7) is 2.15. The summed E-state index contributed by atoms with van der Waals surface area (Å²) in [5, 5.41) is 8.22. The fourth-order valence-corrected chi connectivity index (χ4v) is 2.63. The Hall–Kier alpha value is -3.55. The molecule has 0 spiro atoms. The van der Waals surface area contributed by atoms with Crippen LogP contribution in [0.25, 0.3) is 0 Å². The lowest BCUT2D eigenvalue weighted by molar-refractivity contribution is -0.123. The van der Waals surface area contributed by atoms with Crippen molar-refractivity contribution in [2.75, 3.05) is 30.4 Å². The van der Waals surface area contributed by atoms with Crippen LogP contribution in [0.15, 0.2) is 48.5 Å². The molecule has 0 heterocycles. The number of rotatable bonds is 10. The molecular weight excluding hydrogens is 386 g/mol. The molecule has 8 heteroatoms. The molecule has 3 rings (SSSR count). The molecular formula is C22H25N3O5. The maximum Gasteiger partial charge on any atom is 0.262 e. The van der Waals surface area contributed by atoms with Crippen molar-refractivity contribution in [3.8, 4) is 11.5 Å². The van der Waals surface area contributed by atoms with Crippen molar-refractivity contribution in [3.05, 3.63) is 48.5 Å². The van der Waals surface area contributed by atoms with Crippen LogP contribution in [0.1, 0.15) is 19.8 Å². The van der Waals surface area contributed by atoms with Gasteiger partial charge in [-0.15, -0.1) is 0 Å². The lowest BCUT2D eigenvalue weighted by Gasteiger charge is -2.10. The van der Waals surface area contributed by atoms with Gasteiger partial charge in [0.2, 0.25) is 5.91 Å². The molecule has 0 aliphatic heterocycles. The molecule has 30 heavy (non-hydrogen) atoms. The number of nitrogens with one attached hydrogen (secondary N) is 3. The molecule has 1 fully saturated rings. The number of hydrogen-bond acceptors (Lipinski definition) is 5. The average molecular weight is 411 g/mol. The van der Waals surface area contributed by atoms with E-state index in [1.54, 1.807) is 48.5 Å². The summed E-state index contributed by atoms with van der Waals surface area (Å²) in [5.74, 6) is 0.643. The largest absolute Gasteiger partial charge is 0.484 e. The molecule has 158 valence electrons. The van der Waals surface area contributed by atoms with Crippen LogP contribution in [0.2, 0.25) is 0 Å². The van der Waals surface area contributed by atoms with Gasteiger partial charge in [0.05, 0.1) is 0 Å². The molecule has 3 amide bonds. The summed E-state index contributed by atoms with van der Waals surface area (Å²) >= 11 is 0. The molecule has 2 aromatic rings. The van der Waals surface area contributed by atoms with E-state index in [1.807, 2.05) is 6.92 Å². The summed E-state index contributed by atoms with van der Waals surface area (Å²) in [6.07, 6.45) is 1.87. The first kappa shape index (κ1) is 21.2. The van der Waals surface area contributed by atoms with Crippen molar-refractivity contribution < 1.29 is 23.9 Å². The van der Waals surface area contributed by atoms with E-state index in [0.29, 0.717) is 29.4 Å². The van der Waals surface area contributed by atoms with Crippen LogP contribution in [-0.4, -0.2) is 37.5 Å². The third-order valence-corrected chi connectivity index (χ3v) is 4.30. The van der Waals surface area contributed by atoms with Gasteiger partial charge in [-0.1, -0.05) is 6.07 Å². The molecule has 1 aliphatic carbocycles. The first-order valence-electron chi connectivity index (χ1n) is 9.86. The highest BCUT2D eigenvalue weighted by Gasteiger charge is 2.29. The molecule has 0 atom stereocenters. The second kappa shape index (κ2) is 10.3. The van der Waals surface area contributed by atoms with E-state index in [0.717, 1.165) is 12.8 Å². The van der Waals surface area contributed by atoms with Crippen molar-refractivity contribution in [2.24, 2.45) is 5.92 Å². The van der Waals surface area contributed by atoms with Gasteiger partial charge in [0.15, 0.2) is 13.2 Å². The molecule has 8 nitrogen and oxygen atoms in total. The highest BCUT2D eigenvalue weighted by atomic mass is 16.5. The zero-order valence-electron chi connectivity index (χ0n) is 16.8. The van der Waals surface area contributed by atoms with Crippen molar-refractivity contribution in [3.63, 3.8) is 0 Å². The van der Waals surface area contributed by atoms with E-state index in [-0.39, 0.29) is 36.9 Å². The number of likely N-dealkylation sites (N-methyl/N-ethyl adjacent to an activating group) is 1. The fraction of sp³-hybridized carbons (Fsp3) is 0.318. The van der Waals surface area contributed by atoms with Gasteiger partial charge in [-0.2, -0.15) is 0 Å². The van der Waals surface area contributed by atoms with Crippen LogP contribution in [0.4, 0.5) is 11.4 Å². The normalized spacial score (nSPS) is 12.6. The van der Waals surface area contributed by atoms with Crippen LogP contribution in [-0.2, 0) is 14.4 Å². The highest BCUT2D eigenvalue weighted by Crippen LogP contribution is 2.30. The Morgan fingerprint density at radius 3 is 2.27 bits per heavy atom. The van der Waals surface area contributed by atoms with Crippen LogP contribution in [0.3, 0.4) is 0 Å². The minimum atomic E-state index is -0.321. The van der Waals surface area contributed by atoms with E-state index in [1.165, 1.54) is 0 Å². The first-order chi connectivity index (χ1) is 14.5. The second-order valence-electron chi connectivity index (χ2n) is 6.89. The summed E-state index contributed by atoms with van der Waals surface area (Å²) in [5.41, 5.74) is 1.23. The van der Waals surface area contributed by atoms with Gasteiger partial charge in [-0.3, -0.25) is 14.4 Å². The van der Waals surface area contributed by atoms with Gasteiger partial charge in [0.1, 0.15) is 11.5 Å². The predicted molar refractivity (Wildman–Crippen MR) is 113 cm³/mol. The molecule has 0 aromatic heterocycles. The molecule has 0 saturated heterocycles. The Bertz CT molecular complexity index is 894. The Labute approximate surface area is 174 Å². The van der Waals surface area contributed by atoms with E-state index < -0.39 is 0 Å². The number of anilines is 2. The van der Waals surface area contributed by atoms with E-state index in [2.05, 4.69) is 16.0 Å². The number of benzene rings is 2. The minimum Gasteiger partial charge on any atom is -0.484 e. The van der Waals surface area contributed by atoms with Crippen LogP contribution >= 0.6 is 0 Å². The molecule has 0 radical (unpaired) electrons. The van der Waals surface area contributed by atoms with Crippen molar-refractivity contribution in [2.45, 2.75) is 19.8 Å². The Morgan fingerprint density at radius 2 is 1.57 bits per heavy atom. The SMILES string of the molecule is CCNC(=O)COc1ccc(NC(=O)COc2cccc(NC(=O)C3CC3)c2)cc1. The molecule has 2 aromatic carbocycles. The lowest BCUT2D eigenvalue weighted by Crippen LogP contribution is -2.28. The first-order valence-corrected chi connectivity index (χ1v) is 9.86. The number of ether oxygens (including phenoxy) is 2. The quantitative estimate of drug-likeness (QED) is 0.557. The van der Waals surface area contributed by atoms with Crippen molar-refractivity contribution >= 4 is 29.1 Å². The van der Waals surface area contributed by atoms with Gasteiger partial charge >= 0.3 is 0 Å². The third kappa shape index (κ3) is 6.80. The minimum absolute atomic E-state index is 0.0170. The van der Waals surface area contributed by atoms with Gasteiger partial charge in [-0.05, 0) is 56.2 Å². The van der Waals surface area contributed by atoms with Crippen LogP contribution in [0.5, 0.6) is 11.5 Å². The third-order valence-electron chi connectivity index (χ3n) is 4.30. The van der Waals surface area contributed by atoms with Crippen LogP contribution in [0, 0.1) is 5.92 Å². The summed E-state index contributed by atoms with van der Waals surface area (Å²) < 4.78 is 10.9. The van der Waals surface area contributed by atoms with Crippen molar-refractivity contribution in [1.29, 1.82) is 0 Å². The fourth-order valence-electron chi connectivity index (χ4n) is 2.63. The Morgan fingerprint density at radius 1 is 0.867 bits per heavy atom. The van der Waals surface area contributed by atoms with Gasteiger partial charge in [-0.25, -0.2) is 0 Å². The summed E-state index contributed by atoms with van der Waals surface area (Å²) in [6, 6.07) is 13.6. The molecule has 1 aliphatic rings. The standard InChI is InChI=1S/C22H25N3O5/c1-2-23-20(26)13-29-18-10-8-16(9-11-18)24-21(27)14-30-19-5-3-4-17(12-19)25-22(28)15-6-7-15/h3-5,8-12,15H,2,6-7,13-14H2,1H3,(H,23,26)(H,24,27)(H,25,28). The number of carbonyl (C=O) groups is 3. The highest BCUT2D eigenvalue weighted by molar-refractivity contribution is 5.94. The lowest BCUT2D eigenvalue weighted by atomic mass is 10.3. The van der Waals surface area contributed by atoms with E-state index >= 15 is 0 Å². The smallest absolute Gasteiger partial charge is 0.262 e. The molecule has 1 saturated carbocycles. The number of carbonyl (C=O) groups excluding carboxylic acids is 3. The maximum absolute atomic E-state index is 12.1. The van der Waals surface area contributed by atoms with Crippen molar-refractivity contribution in [1.82, 2.24) is 5.32 Å². The van der Waals surface area contributed by atoms with Gasteiger partial charge in [0, 0.05) is 29.9 Å². The van der Waals surface area contributed by atoms with Gasteiger partial charge in [0.25, 0.3) is 11.8 Å². The topological polar surface area (TPSA) is 106 Å². The molecule has 0 bridgehead atoms. The Kier molecular flexibility index (Phi) is 7.26. The number of amides is 3. The molecule has 3 N–H and O–H groups in total. The molecule has 0 unspecified atom stereocenters. The number of hydrogen-bond donors (Lipinski definition) is 3. The Balaban J connectivity index is 1.43. The maximum atomic E-state index is 12.1. The summed E-state index contributed by atoms with van der Waals surface area (Å²) in [4.78, 5) is 35.4. The second-order valence-corrected chi connectivity index (χ2v) is 6.89. The van der Waals surface area contributed by atoms with Gasteiger partial charge < -0.3 is 25.4 Å².